The van der Waals surface area contributed by atoms with E-state index in [2.05, 4.69) is 5.32 Å². The highest BCUT2D eigenvalue weighted by atomic mass is 16.6. The number of amides is 1. The van der Waals surface area contributed by atoms with Crippen LogP contribution < -0.4 is 5.32 Å². The maximum absolute atomic E-state index is 11.5. The molecule has 2 rings (SSSR count). The first kappa shape index (κ1) is 10.4. The Hall–Kier alpha value is -1.10. The molecule has 4 atom stereocenters. The highest BCUT2D eigenvalue weighted by molar-refractivity contribution is 5.99. The monoisotopic (exact) mass is 213 g/mol. The fourth-order valence-electron chi connectivity index (χ4n) is 2.33. The van der Waals surface area contributed by atoms with Crippen LogP contribution in [0.15, 0.2) is 0 Å². The number of fused-ring (bicyclic) bond motifs is 1. The molecule has 5 nitrogen and oxygen atoms in total. The van der Waals surface area contributed by atoms with Crippen LogP contribution >= 0.6 is 0 Å². The normalized spacial score (nSPS) is 40.6. The quantitative estimate of drug-likeness (QED) is 0.602. The number of esters is 1. The predicted molar refractivity (Wildman–Crippen MR) is 50.8 cm³/mol. The Morgan fingerprint density at radius 3 is 2.47 bits per heavy atom. The minimum atomic E-state index is -1.19. The molecule has 0 saturated carbocycles. The van der Waals surface area contributed by atoms with Gasteiger partial charge in [-0.25, -0.2) is 4.79 Å². The Balaban J connectivity index is 2.33. The average molecular weight is 213 g/mol. The van der Waals surface area contributed by atoms with Crippen LogP contribution in [0.2, 0.25) is 0 Å². The number of aliphatic hydroxyl groups is 1. The third-order valence-corrected chi connectivity index (χ3v) is 3.32. The standard InChI is InChI=1S/C10H15NO4/c1-4(2)6(12)10-7(15-9(10)14)5(3)8(13)11-10/h4-7,12H,1-3H3,(H,11,13)/t5-,6+,7+,10-/m1/s1. The van der Waals surface area contributed by atoms with Gasteiger partial charge in [-0.2, -0.15) is 0 Å². The Kier molecular flexibility index (Phi) is 2.05. The van der Waals surface area contributed by atoms with Gasteiger partial charge in [-0.1, -0.05) is 13.8 Å². The molecule has 2 heterocycles. The number of carbonyl (C=O) groups excluding carboxylic acids is 2. The van der Waals surface area contributed by atoms with E-state index in [9.17, 15) is 14.7 Å². The summed E-state index contributed by atoms with van der Waals surface area (Å²) in [5.41, 5.74) is -1.19. The molecule has 0 bridgehead atoms. The maximum Gasteiger partial charge on any atom is 0.338 e. The minimum Gasteiger partial charge on any atom is -0.456 e. The molecule has 0 unspecified atom stereocenters. The first-order valence-electron chi connectivity index (χ1n) is 5.12. The molecule has 2 aliphatic heterocycles. The van der Waals surface area contributed by atoms with Crippen molar-refractivity contribution in [2.45, 2.75) is 38.5 Å². The number of rotatable bonds is 2. The summed E-state index contributed by atoms with van der Waals surface area (Å²) in [5.74, 6) is -1.24. The molecule has 0 aliphatic carbocycles. The molecule has 5 heteroatoms. The number of nitrogens with one attached hydrogen (secondary N) is 1. The molecule has 2 fully saturated rings. The van der Waals surface area contributed by atoms with Crippen molar-refractivity contribution in [2.75, 3.05) is 0 Å². The molecule has 15 heavy (non-hydrogen) atoms. The van der Waals surface area contributed by atoms with Crippen molar-refractivity contribution in [3.63, 3.8) is 0 Å². The van der Waals surface area contributed by atoms with Crippen LogP contribution in [0, 0.1) is 11.8 Å². The van der Waals surface area contributed by atoms with Gasteiger partial charge in [0.25, 0.3) is 0 Å². The van der Waals surface area contributed by atoms with E-state index in [0.717, 1.165) is 0 Å². The van der Waals surface area contributed by atoms with Crippen LogP contribution in [-0.4, -0.2) is 34.7 Å². The molecule has 2 saturated heterocycles. The Morgan fingerprint density at radius 2 is 2.07 bits per heavy atom. The average Bonchev–Trinajstić information content (AvgIpc) is 2.37. The Morgan fingerprint density at radius 1 is 1.47 bits per heavy atom. The fourth-order valence-corrected chi connectivity index (χ4v) is 2.33. The lowest BCUT2D eigenvalue weighted by Gasteiger charge is -2.46. The first-order chi connectivity index (χ1) is 6.91. The summed E-state index contributed by atoms with van der Waals surface area (Å²) in [6.07, 6.45) is -1.41. The van der Waals surface area contributed by atoms with Crippen LogP contribution in [0.5, 0.6) is 0 Å². The van der Waals surface area contributed by atoms with Crippen molar-refractivity contribution in [3.05, 3.63) is 0 Å². The predicted octanol–water partition coefficient (Wildman–Crippen LogP) is -0.567. The van der Waals surface area contributed by atoms with Gasteiger partial charge >= 0.3 is 5.97 Å². The van der Waals surface area contributed by atoms with Gasteiger partial charge in [-0.15, -0.1) is 0 Å². The second kappa shape index (κ2) is 2.95. The lowest BCUT2D eigenvalue weighted by atomic mass is 9.76. The molecule has 0 spiro atoms. The molecule has 0 aromatic carbocycles. The van der Waals surface area contributed by atoms with Gasteiger partial charge in [0.15, 0.2) is 0 Å². The number of carbonyl (C=O) groups is 2. The van der Waals surface area contributed by atoms with Crippen LogP contribution in [0.4, 0.5) is 0 Å². The van der Waals surface area contributed by atoms with Gasteiger partial charge in [0.1, 0.15) is 6.10 Å². The second-order valence-electron chi connectivity index (χ2n) is 4.66. The molecule has 2 aliphatic rings. The van der Waals surface area contributed by atoms with Crippen LogP contribution in [-0.2, 0) is 14.3 Å². The van der Waals surface area contributed by atoms with Crippen molar-refractivity contribution in [1.82, 2.24) is 5.32 Å². The van der Waals surface area contributed by atoms with Gasteiger partial charge in [0.05, 0.1) is 12.0 Å². The van der Waals surface area contributed by atoms with Gasteiger partial charge < -0.3 is 15.2 Å². The summed E-state index contributed by atoms with van der Waals surface area (Å²) in [5, 5.41) is 12.6. The Bertz CT molecular complexity index is 327. The van der Waals surface area contributed by atoms with Crippen LogP contribution in [0.25, 0.3) is 0 Å². The summed E-state index contributed by atoms with van der Waals surface area (Å²) in [7, 11) is 0. The molecule has 0 aromatic rings. The van der Waals surface area contributed by atoms with E-state index >= 15 is 0 Å². The first-order valence-corrected chi connectivity index (χ1v) is 5.12. The van der Waals surface area contributed by atoms with Crippen molar-refractivity contribution >= 4 is 11.9 Å². The smallest absolute Gasteiger partial charge is 0.338 e. The van der Waals surface area contributed by atoms with Crippen LogP contribution in [0.3, 0.4) is 0 Å². The number of aliphatic hydroxyl groups excluding tert-OH is 1. The number of hydrogen-bond donors (Lipinski definition) is 2. The lowest BCUT2D eigenvalue weighted by molar-refractivity contribution is -0.206. The van der Waals surface area contributed by atoms with E-state index in [-0.39, 0.29) is 17.7 Å². The lowest BCUT2D eigenvalue weighted by Crippen LogP contribution is -2.73. The summed E-state index contributed by atoms with van der Waals surface area (Å²) in [6.45, 7) is 5.30. The van der Waals surface area contributed by atoms with E-state index in [1.165, 1.54) is 0 Å². The maximum atomic E-state index is 11.5. The van der Waals surface area contributed by atoms with Gasteiger partial charge in [-0.3, -0.25) is 4.79 Å². The fraction of sp³-hybridized carbons (Fsp3) is 0.800. The number of ether oxygens (including phenoxy) is 1. The highest BCUT2D eigenvalue weighted by Gasteiger charge is 2.70. The SMILES string of the molecule is CC(C)[C@H](O)[C@@]12NC(=O)[C@H](C)[C@@H]1OC2=O. The number of hydrogen-bond acceptors (Lipinski definition) is 4. The summed E-state index contributed by atoms with van der Waals surface area (Å²) < 4.78 is 4.94. The zero-order chi connectivity index (χ0) is 11.4. The van der Waals surface area contributed by atoms with E-state index in [0.29, 0.717) is 0 Å². The van der Waals surface area contributed by atoms with Gasteiger partial charge in [0, 0.05) is 0 Å². The zero-order valence-electron chi connectivity index (χ0n) is 8.98. The molecule has 0 radical (unpaired) electrons. The van der Waals surface area contributed by atoms with E-state index in [1.807, 2.05) is 0 Å². The molecular formula is C10H15NO4. The van der Waals surface area contributed by atoms with E-state index in [4.69, 9.17) is 4.74 Å². The van der Waals surface area contributed by atoms with E-state index in [1.54, 1.807) is 20.8 Å². The largest absolute Gasteiger partial charge is 0.456 e. The minimum absolute atomic E-state index is 0.106. The van der Waals surface area contributed by atoms with Crippen LogP contribution in [0.1, 0.15) is 20.8 Å². The third-order valence-electron chi connectivity index (χ3n) is 3.32. The Labute approximate surface area is 87.8 Å². The zero-order valence-corrected chi connectivity index (χ0v) is 8.98. The van der Waals surface area contributed by atoms with Crippen molar-refractivity contribution in [3.8, 4) is 0 Å². The molecule has 0 aromatic heterocycles. The van der Waals surface area contributed by atoms with Crippen molar-refractivity contribution < 1.29 is 19.4 Å². The van der Waals surface area contributed by atoms with Gasteiger partial charge in [-0.05, 0) is 12.8 Å². The summed E-state index contributed by atoms with van der Waals surface area (Å²) >= 11 is 0. The van der Waals surface area contributed by atoms with E-state index < -0.39 is 23.7 Å². The van der Waals surface area contributed by atoms with Crippen molar-refractivity contribution in [2.24, 2.45) is 11.8 Å². The summed E-state index contributed by atoms with van der Waals surface area (Å²) in [6, 6.07) is 0. The second-order valence-corrected chi connectivity index (χ2v) is 4.66. The topological polar surface area (TPSA) is 75.6 Å². The summed E-state index contributed by atoms with van der Waals surface area (Å²) in [4.78, 5) is 22.9. The molecule has 1 amide bonds. The van der Waals surface area contributed by atoms with Gasteiger partial charge in [0.2, 0.25) is 11.4 Å². The molecular weight excluding hydrogens is 198 g/mol. The molecule has 84 valence electrons. The highest BCUT2D eigenvalue weighted by Crippen LogP contribution is 2.42. The molecule has 2 N–H and O–H groups in total. The van der Waals surface area contributed by atoms with Crippen molar-refractivity contribution in [1.29, 1.82) is 0 Å². The third kappa shape index (κ3) is 1.07.